The van der Waals surface area contributed by atoms with E-state index in [0.29, 0.717) is 6.07 Å². The summed E-state index contributed by atoms with van der Waals surface area (Å²) < 4.78 is 39.4. The van der Waals surface area contributed by atoms with Crippen molar-refractivity contribution in [1.82, 2.24) is 4.31 Å². The van der Waals surface area contributed by atoms with Gasteiger partial charge in [0, 0.05) is 13.1 Å². The number of benzene rings is 1. The first-order chi connectivity index (χ1) is 9.54. The quantitative estimate of drug-likeness (QED) is 0.867. The van der Waals surface area contributed by atoms with Gasteiger partial charge in [0.1, 0.15) is 5.82 Å². The van der Waals surface area contributed by atoms with Crippen LogP contribution in [0.2, 0.25) is 5.02 Å². The number of carboxylic acids is 1. The van der Waals surface area contributed by atoms with Gasteiger partial charge in [-0.2, -0.15) is 4.31 Å². The fourth-order valence-electron chi connectivity index (χ4n) is 2.13. The Kier molecular flexibility index (Phi) is 4.00. The Morgan fingerprint density at radius 2 is 2.10 bits per heavy atom. The van der Waals surface area contributed by atoms with Crippen LogP contribution < -0.4 is 0 Å². The first-order valence-electron chi connectivity index (χ1n) is 5.99. The van der Waals surface area contributed by atoms with Crippen molar-refractivity contribution in [3.63, 3.8) is 0 Å². The smallest absolute Gasteiger partial charge is 0.337 e. The van der Waals surface area contributed by atoms with Crippen molar-refractivity contribution in [2.45, 2.75) is 23.8 Å². The number of hydrogen-bond donors (Lipinski definition) is 2. The molecular weight excluding hydrogens is 325 g/mol. The topological polar surface area (TPSA) is 94.9 Å². The van der Waals surface area contributed by atoms with Crippen LogP contribution in [-0.4, -0.2) is 47.6 Å². The van der Waals surface area contributed by atoms with Crippen molar-refractivity contribution in [2.24, 2.45) is 0 Å². The normalized spacial score (nSPS) is 23.4. The maximum atomic E-state index is 13.6. The number of halogens is 2. The molecule has 0 aliphatic carbocycles. The highest BCUT2D eigenvalue weighted by Gasteiger charge is 2.39. The minimum absolute atomic E-state index is 0.0714. The van der Waals surface area contributed by atoms with Crippen molar-refractivity contribution in [2.75, 3.05) is 13.1 Å². The van der Waals surface area contributed by atoms with Crippen LogP contribution in [0.25, 0.3) is 0 Å². The van der Waals surface area contributed by atoms with Crippen LogP contribution in [0.15, 0.2) is 17.0 Å². The molecule has 0 spiro atoms. The van der Waals surface area contributed by atoms with Gasteiger partial charge in [-0.3, -0.25) is 0 Å². The number of hydrogen-bond acceptors (Lipinski definition) is 4. The number of aliphatic hydroxyl groups is 1. The maximum absolute atomic E-state index is 13.6. The summed E-state index contributed by atoms with van der Waals surface area (Å²) in [6.07, 6.45) is 0.244. The fourth-order valence-corrected chi connectivity index (χ4v) is 3.91. The zero-order valence-corrected chi connectivity index (χ0v) is 12.6. The lowest BCUT2D eigenvalue weighted by molar-refractivity contribution is 0.0695. The number of rotatable bonds is 3. The molecule has 1 aromatic rings. The van der Waals surface area contributed by atoms with Crippen molar-refractivity contribution in [1.29, 1.82) is 0 Å². The second-order valence-electron chi connectivity index (χ2n) is 5.16. The first kappa shape index (κ1) is 16.2. The predicted molar refractivity (Wildman–Crippen MR) is 72.4 cm³/mol. The zero-order chi connectivity index (χ0) is 16.0. The van der Waals surface area contributed by atoms with Gasteiger partial charge in [0.25, 0.3) is 0 Å². The molecule has 6 nitrogen and oxygen atoms in total. The first-order valence-corrected chi connectivity index (χ1v) is 7.81. The molecule has 2 N–H and O–H groups in total. The molecule has 2 rings (SSSR count). The molecule has 0 saturated carbocycles. The minimum atomic E-state index is -4.09. The SMILES string of the molecule is CC1(O)CCN(S(=O)(=O)c2cc(F)c(Cl)c(C(=O)O)c2)C1. The highest BCUT2D eigenvalue weighted by atomic mass is 35.5. The number of sulfonamides is 1. The van der Waals surface area contributed by atoms with Crippen LogP contribution in [0, 0.1) is 5.82 Å². The lowest BCUT2D eigenvalue weighted by atomic mass is 10.1. The van der Waals surface area contributed by atoms with Crippen LogP contribution >= 0.6 is 11.6 Å². The average Bonchev–Trinajstić information content (AvgIpc) is 2.73. The molecule has 1 aromatic carbocycles. The van der Waals surface area contributed by atoms with Gasteiger partial charge in [-0.05, 0) is 25.5 Å². The van der Waals surface area contributed by atoms with E-state index >= 15 is 0 Å². The maximum Gasteiger partial charge on any atom is 0.337 e. The monoisotopic (exact) mass is 337 g/mol. The van der Waals surface area contributed by atoms with Crippen molar-refractivity contribution < 1.29 is 27.8 Å². The van der Waals surface area contributed by atoms with Gasteiger partial charge in [0.05, 0.1) is 21.1 Å². The Morgan fingerprint density at radius 1 is 1.48 bits per heavy atom. The second kappa shape index (κ2) is 5.20. The molecule has 1 heterocycles. The molecule has 1 aliphatic heterocycles. The van der Waals surface area contributed by atoms with Crippen LogP contribution in [-0.2, 0) is 10.0 Å². The molecule has 1 atom stereocenters. The lowest BCUT2D eigenvalue weighted by Gasteiger charge is -2.19. The van der Waals surface area contributed by atoms with E-state index in [9.17, 15) is 22.7 Å². The molecule has 1 saturated heterocycles. The van der Waals surface area contributed by atoms with Gasteiger partial charge >= 0.3 is 5.97 Å². The van der Waals surface area contributed by atoms with E-state index in [1.807, 2.05) is 0 Å². The molecule has 0 amide bonds. The van der Waals surface area contributed by atoms with Gasteiger partial charge in [-0.15, -0.1) is 0 Å². The predicted octanol–water partition coefficient (Wildman–Crippen LogP) is 1.32. The number of carbonyl (C=O) groups is 1. The fraction of sp³-hybridized carbons (Fsp3) is 0.417. The van der Waals surface area contributed by atoms with E-state index in [0.717, 1.165) is 10.4 Å². The van der Waals surface area contributed by atoms with Crippen LogP contribution in [0.4, 0.5) is 4.39 Å². The van der Waals surface area contributed by atoms with E-state index in [1.165, 1.54) is 6.92 Å². The van der Waals surface area contributed by atoms with Crippen molar-refractivity contribution in [3.05, 3.63) is 28.5 Å². The molecule has 1 fully saturated rings. The van der Waals surface area contributed by atoms with Crippen LogP contribution in [0.3, 0.4) is 0 Å². The summed E-state index contributed by atoms with van der Waals surface area (Å²) in [4.78, 5) is 10.5. The molecule has 9 heteroatoms. The molecule has 0 aromatic heterocycles. The van der Waals surface area contributed by atoms with E-state index in [4.69, 9.17) is 16.7 Å². The largest absolute Gasteiger partial charge is 0.478 e. The second-order valence-corrected chi connectivity index (χ2v) is 7.47. The number of carboxylic acid groups (broad SMARTS) is 1. The van der Waals surface area contributed by atoms with Crippen molar-refractivity contribution in [3.8, 4) is 0 Å². The van der Waals surface area contributed by atoms with E-state index in [-0.39, 0.29) is 19.5 Å². The summed E-state index contributed by atoms with van der Waals surface area (Å²) in [5, 5.41) is 18.1. The zero-order valence-electron chi connectivity index (χ0n) is 11.0. The van der Waals surface area contributed by atoms with E-state index in [1.54, 1.807) is 0 Å². The molecule has 116 valence electrons. The molecule has 1 unspecified atom stereocenters. The third-order valence-electron chi connectivity index (χ3n) is 3.29. The number of β-amino-alcohol motifs (C(OH)–C–C–N with tert-alkyl or cyclic N) is 1. The Labute approximate surface area is 125 Å². The van der Waals surface area contributed by atoms with Crippen molar-refractivity contribution >= 4 is 27.6 Å². The van der Waals surface area contributed by atoms with Gasteiger partial charge in [0.15, 0.2) is 0 Å². The standard InChI is InChI=1S/C12H13ClFNO5S/c1-12(18)2-3-15(6-12)21(19,20)7-4-8(11(16)17)10(13)9(14)5-7/h4-5,18H,2-3,6H2,1H3,(H,16,17). The van der Waals surface area contributed by atoms with Crippen LogP contribution in [0.1, 0.15) is 23.7 Å². The molecule has 1 aliphatic rings. The summed E-state index contributed by atoms with van der Waals surface area (Å²) in [6, 6.07) is 1.49. The third-order valence-corrected chi connectivity index (χ3v) is 5.49. The molecule has 0 bridgehead atoms. The van der Waals surface area contributed by atoms with Gasteiger partial charge < -0.3 is 10.2 Å². The molecule has 21 heavy (non-hydrogen) atoms. The van der Waals surface area contributed by atoms with Gasteiger partial charge in [0.2, 0.25) is 10.0 Å². The number of nitrogens with zero attached hydrogens (tertiary/aromatic N) is 1. The Bertz CT molecular complexity index is 704. The third kappa shape index (κ3) is 3.03. The van der Waals surface area contributed by atoms with Gasteiger partial charge in [-0.25, -0.2) is 17.6 Å². The molecule has 0 radical (unpaired) electrons. The minimum Gasteiger partial charge on any atom is -0.478 e. The Balaban J connectivity index is 2.49. The van der Waals surface area contributed by atoms with Gasteiger partial charge in [-0.1, -0.05) is 11.6 Å². The van der Waals surface area contributed by atoms with E-state index < -0.39 is 42.9 Å². The molecular formula is C12H13ClFNO5S. The average molecular weight is 338 g/mol. The summed E-state index contributed by atoms with van der Waals surface area (Å²) in [6.45, 7) is 1.43. The van der Waals surface area contributed by atoms with E-state index in [2.05, 4.69) is 0 Å². The summed E-state index contributed by atoms with van der Waals surface area (Å²) >= 11 is 5.51. The highest BCUT2D eigenvalue weighted by molar-refractivity contribution is 7.89. The summed E-state index contributed by atoms with van der Waals surface area (Å²) in [5.41, 5.74) is -1.78. The lowest BCUT2D eigenvalue weighted by Crippen LogP contribution is -2.34. The highest BCUT2D eigenvalue weighted by Crippen LogP contribution is 2.30. The number of aromatic carboxylic acids is 1. The van der Waals surface area contributed by atoms with Crippen LogP contribution in [0.5, 0.6) is 0 Å². The Morgan fingerprint density at radius 3 is 2.57 bits per heavy atom. The summed E-state index contributed by atoms with van der Waals surface area (Å²) in [7, 11) is -4.09. The summed E-state index contributed by atoms with van der Waals surface area (Å²) in [5.74, 6) is -2.65. The Hall–Kier alpha value is -1.22.